The number of sulfonamides is 1. The molecule has 1 aliphatic carbocycles. The van der Waals surface area contributed by atoms with Gasteiger partial charge in [0.15, 0.2) is 0 Å². The van der Waals surface area contributed by atoms with Gasteiger partial charge in [-0.25, -0.2) is 26.9 Å². The van der Waals surface area contributed by atoms with Crippen LogP contribution < -0.4 is 4.72 Å². The molecule has 3 aliphatic heterocycles. The van der Waals surface area contributed by atoms with E-state index in [1.54, 1.807) is 17.0 Å². The van der Waals surface area contributed by atoms with Crippen LogP contribution in [0, 0.1) is 18.6 Å². The highest BCUT2D eigenvalue weighted by atomic mass is 35.5. The zero-order valence-electron chi connectivity index (χ0n) is 29.5. The molecule has 52 heavy (non-hydrogen) atoms. The topological polar surface area (TPSA) is 87.5 Å². The smallest absolute Gasteiger partial charge is 0.255 e. The Morgan fingerprint density at radius 2 is 1.65 bits per heavy atom. The average molecular weight is 750 g/mol. The number of aromatic nitrogens is 2. The molecule has 3 atom stereocenters. The Labute approximate surface area is 309 Å². The number of amides is 1. The van der Waals surface area contributed by atoms with Gasteiger partial charge in [0.25, 0.3) is 5.91 Å². The summed E-state index contributed by atoms with van der Waals surface area (Å²) in [5.74, 6) is -0.636. The van der Waals surface area contributed by atoms with E-state index in [2.05, 4.69) is 39.3 Å². The summed E-state index contributed by atoms with van der Waals surface area (Å²) < 4.78 is 61.2. The number of likely N-dealkylation sites (tertiary alicyclic amines) is 1. The SMILES string of the molecule is Cc1nc2ccccc2n1[C@H]1C[C@H]2CC[C@@H](C1)N2CCC1(c2cccc(F)c2)CCN(C(=O)c2cc(S(=O)(=O)NC3CCCC3)c(F)cc2Cl)CC1. The summed E-state index contributed by atoms with van der Waals surface area (Å²) >= 11 is 6.40. The molecule has 2 bridgehead atoms. The van der Waals surface area contributed by atoms with Crippen molar-refractivity contribution in [1.82, 2.24) is 24.1 Å². The van der Waals surface area contributed by atoms with Crippen molar-refractivity contribution >= 4 is 38.6 Å². The molecule has 4 heterocycles. The molecule has 4 aliphatic rings. The minimum Gasteiger partial charge on any atom is -0.339 e. The lowest BCUT2D eigenvalue weighted by molar-refractivity contribution is 0.0606. The Morgan fingerprint density at radius 3 is 2.37 bits per heavy atom. The highest BCUT2D eigenvalue weighted by molar-refractivity contribution is 7.89. The summed E-state index contributed by atoms with van der Waals surface area (Å²) in [6, 6.07) is 18.3. The maximum atomic E-state index is 15.0. The number of aryl methyl sites for hydroxylation is 1. The minimum absolute atomic E-state index is 0.0338. The van der Waals surface area contributed by atoms with Gasteiger partial charge < -0.3 is 9.47 Å². The summed E-state index contributed by atoms with van der Waals surface area (Å²) in [5, 5.41) is -0.123. The predicted molar refractivity (Wildman–Crippen MR) is 198 cm³/mol. The van der Waals surface area contributed by atoms with Crippen LogP contribution in [-0.4, -0.2) is 71.4 Å². The summed E-state index contributed by atoms with van der Waals surface area (Å²) in [6.07, 6.45) is 9.73. The number of hydrogen-bond acceptors (Lipinski definition) is 5. The molecule has 0 unspecified atom stereocenters. The van der Waals surface area contributed by atoms with Crippen LogP contribution in [0.25, 0.3) is 11.0 Å². The number of nitrogens with one attached hydrogen (secondary N) is 1. The second-order valence-electron chi connectivity index (χ2n) is 15.5. The summed E-state index contributed by atoms with van der Waals surface area (Å²) in [5.41, 5.74) is 2.80. The lowest BCUT2D eigenvalue weighted by atomic mass is 9.70. The highest BCUT2D eigenvalue weighted by Crippen LogP contribution is 2.45. The van der Waals surface area contributed by atoms with Crippen LogP contribution in [0.4, 0.5) is 8.78 Å². The molecule has 1 saturated carbocycles. The Bertz CT molecular complexity index is 2080. The van der Waals surface area contributed by atoms with Crippen LogP contribution in [0.15, 0.2) is 65.6 Å². The first-order valence-corrected chi connectivity index (χ1v) is 20.6. The zero-order chi connectivity index (χ0) is 36.2. The fourth-order valence-electron chi connectivity index (χ4n) is 9.83. The number of halogens is 3. The summed E-state index contributed by atoms with van der Waals surface area (Å²) in [6.45, 7) is 3.75. The molecule has 4 fully saturated rings. The van der Waals surface area contributed by atoms with E-state index in [0.29, 0.717) is 56.9 Å². The number of hydrogen-bond donors (Lipinski definition) is 1. The van der Waals surface area contributed by atoms with E-state index < -0.39 is 26.6 Å². The van der Waals surface area contributed by atoms with Gasteiger partial charge in [0, 0.05) is 37.3 Å². The molecule has 8 nitrogen and oxygen atoms in total. The maximum absolute atomic E-state index is 15.0. The minimum atomic E-state index is -4.19. The molecule has 12 heteroatoms. The van der Waals surface area contributed by atoms with Crippen LogP contribution in [0.2, 0.25) is 5.02 Å². The number of para-hydroxylation sites is 2. The van der Waals surface area contributed by atoms with Crippen molar-refractivity contribution in [3.8, 4) is 0 Å². The monoisotopic (exact) mass is 749 g/mol. The molecule has 0 spiro atoms. The number of carbonyl (C=O) groups excluding carboxylic acids is 1. The molecular weight excluding hydrogens is 704 g/mol. The van der Waals surface area contributed by atoms with Gasteiger partial charge in [0.1, 0.15) is 22.4 Å². The third-order valence-electron chi connectivity index (χ3n) is 12.5. The molecule has 8 rings (SSSR count). The van der Waals surface area contributed by atoms with Gasteiger partial charge in [0.05, 0.1) is 21.6 Å². The van der Waals surface area contributed by atoms with Crippen molar-refractivity contribution in [2.24, 2.45) is 0 Å². The molecular formula is C40H46ClF2N5O3S. The third kappa shape index (κ3) is 6.67. The Hall–Kier alpha value is -3.38. The van der Waals surface area contributed by atoms with Crippen LogP contribution >= 0.6 is 11.6 Å². The number of fused-ring (bicyclic) bond motifs is 3. The van der Waals surface area contributed by atoms with E-state index in [0.717, 1.165) is 80.5 Å². The van der Waals surface area contributed by atoms with Crippen LogP contribution in [-0.2, 0) is 15.4 Å². The number of imidazole rings is 1. The second-order valence-corrected chi connectivity index (χ2v) is 17.6. The van der Waals surface area contributed by atoms with Gasteiger partial charge in [-0.05, 0) is 119 Å². The second kappa shape index (κ2) is 14.1. The van der Waals surface area contributed by atoms with Crippen molar-refractivity contribution in [3.05, 3.63) is 94.3 Å². The summed E-state index contributed by atoms with van der Waals surface area (Å²) in [7, 11) is -4.19. The number of rotatable bonds is 9. The number of benzene rings is 3. The fourth-order valence-corrected chi connectivity index (χ4v) is 11.4. The van der Waals surface area contributed by atoms with Gasteiger partial charge in [-0.1, -0.05) is 48.7 Å². The standard InChI is InChI=1S/C40H46ClF2N5O3S/c1-26-44-36-11-4-5-12-37(36)48(26)32-22-30-13-14-31(23-32)47(30)20-17-40(27-7-6-8-28(42)21-27)15-18-46(19-16-40)39(49)33-24-38(35(43)25-34(33)41)52(50,51)45-29-9-2-3-10-29/h4-8,11-12,21,24-25,29-32,45H,2-3,9-10,13-20,22-23H2,1H3/t30-,31+,32+. The molecule has 3 saturated heterocycles. The maximum Gasteiger partial charge on any atom is 0.255 e. The van der Waals surface area contributed by atoms with Crippen molar-refractivity contribution in [3.63, 3.8) is 0 Å². The molecule has 1 aromatic heterocycles. The molecule has 0 radical (unpaired) electrons. The van der Waals surface area contributed by atoms with E-state index in [1.165, 1.54) is 11.6 Å². The van der Waals surface area contributed by atoms with E-state index in [1.807, 2.05) is 12.1 Å². The highest BCUT2D eigenvalue weighted by Gasteiger charge is 2.44. The first-order valence-electron chi connectivity index (χ1n) is 18.8. The van der Waals surface area contributed by atoms with Crippen molar-refractivity contribution in [1.29, 1.82) is 0 Å². The molecule has 1 N–H and O–H groups in total. The normalized spacial score (nSPS) is 23.8. The van der Waals surface area contributed by atoms with Gasteiger partial charge in [-0.15, -0.1) is 0 Å². The molecule has 4 aromatic rings. The van der Waals surface area contributed by atoms with E-state index >= 15 is 4.39 Å². The average Bonchev–Trinajstić information content (AvgIpc) is 3.81. The quantitative estimate of drug-likeness (QED) is 0.188. The summed E-state index contributed by atoms with van der Waals surface area (Å²) in [4.78, 5) is 22.6. The molecule has 1 amide bonds. The number of carbonyl (C=O) groups is 1. The Balaban J connectivity index is 0.986. The van der Waals surface area contributed by atoms with E-state index in [-0.39, 0.29) is 27.9 Å². The number of piperidine rings is 2. The van der Waals surface area contributed by atoms with Crippen molar-refractivity contribution in [2.75, 3.05) is 19.6 Å². The number of nitrogens with zero attached hydrogens (tertiary/aromatic N) is 4. The van der Waals surface area contributed by atoms with Gasteiger partial charge >= 0.3 is 0 Å². The first kappa shape index (κ1) is 35.6. The Kier molecular flexibility index (Phi) is 9.68. The molecule has 3 aromatic carbocycles. The van der Waals surface area contributed by atoms with Crippen molar-refractivity contribution in [2.45, 2.75) is 112 Å². The third-order valence-corrected chi connectivity index (χ3v) is 14.4. The predicted octanol–water partition coefficient (Wildman–Crippen LogP) is 7.93. The Morgan fingerprint density at radius 1 is 0.942 bits per heavy atom. The molecule has 276 valence electrons. The van der Waals surface area contributed by atoms with E-state index in [4.69, 9.17) is 16.6 Å². The fraction of sp³-hybridized carbons (Fsp3) is 0.500. The van der Waals surface area contributed by atoms with Crippen LogP contribution in [0.1, 0.15) is 98.4 Å². The lowest BCUT2D eigenvalue weighted by Gasteiger charge is -2.45. The van der Waals surface area contributed by atoms with Gasteiger partial charge in [0.2, 0.25) is 10.0 Å². The first-order chi connectivity index (χ1) is 25.0. The lowest BCUT2D eigenvalue weighted by Crippen LogP contribution is -2.49. The van der Waals surface area contributed by atoms with Crippen molar-refractivity contribution < 1.29 is 22.0 Å². The van der Waals surface area contributed by atoms with Crippen LogP contribution in [0.3, 0.4) is 0 Å². The van der Waals surface area contributed by atoms with Crippen LogP contribution in [0.5, 0.6) is 0 Å². The van der Waals surface area contributed by atoms with Gasteiger partial charge in [-0.2, -0.15) is 0 Å². The zero-order valence-corrected chi connectivity index (χ0v) is 31.1. The van der Waals surface area contributed by atoms with Gasteiger partial charge in [-0.3, -0.25) is 9.69 Å². The van der Waals surface area contributed by atoms with E-state index in [9.17, 15) is 17.6 Å². The largest absolute Gasteiger partial charge is 0.339 e.